The van der Waals surface area contributed by atoms with Crippen LogP contribution in [0.5, 0.6) is 5.75 Å². The summed E-state index contributed by atoms with van der Waals surface area (Å²) in [5.41, 5.74) is 8.40. The van der Waals surface area contributed by atoms with Gasteiger partial charge in [-0.15, -0.1) is 0 Å². The van der Waals surface area contributed by atoms with Crippen LogP contribution in [0, 0.1) is 5.41 Å². The second kappa shape index (κ2) is 5.19. The molecule has 3 heteroatoms. The highest BCUT2D eigenvalue weighted by molar-refractivity contribution is 5.47. The molecule has 0 saturated carbocycles. The highest BCUT2D eigenvalue weighted by Gasteiger charge is 2.39. The molecule has 1 aliphatic rings. The van der Waals surface area contributed by atoms with Crippen LogP contribution >= 0.6 is 0 Å². The Kier molecular flexibility index (Phi) is 3.81. The van der Waals surface area contributed by atoms with Gasteiger partial charge >= 0.3 is 0 Å². The lowest BCUT2D eigenvalue weighted by Gasteiger charge is -2.50. The topological polar surface area (TPSA) is 38.5 Å². The van der Waals surface area contributed by atoms with E-state index in [0.29, 0.717) is 5.41 Å². The van der Waals surface area contributed by atoms with Crippen molar-refractivity contribution in [3.05, 3.63) is 23.8 Å². The van der Waals surface area contributed by atoms with Crippen LogP contribution in [-0.2, 0) is 6.54 Å². The summed E-state index contributed by atoms with van der Waals surface area (Å²) in [6, 6.07) is 5.87. The van der Waals surface area contributed by atoms with E-state index in [1.165, 1.54) is 31.5 Å². The number of benzene rings is 1. The Labute approximate surface area is 110 Å². The zero-order valence-electron chi connectivity index (χ0n) is 11.7. The Morgan fingerprint density at radius 1 is 1.28 bits per heavy atom. The highest BCUT2D eigenvalue weighted by atomic mass is 16.5. The molecule has 0 aromatic heterocycles. The van der Waals surface area contributed by atoms with Gasteiger partial charge in [-0.05, 0) is 36.5 Å². The van der Waals surface area contributed by atoms with Crippen LogP contribution in [0.15, 0.2) is 18.2 Å². The van der Waals surface area contributed by atoms with Crippen LogP contribution in [0.3, 0.4) is 0 Å². The fraction of sp³-hybridized carbons (Fsp3) is 0.600. The number of hydrogen-bond acceptors (Lipinski definition) is 3. The molecule has 0 spiro atoms. The third kappa shape index (κ3) is 2.46. The number of methoxy groups -OCH3 is 1. The summed E-state index contributed by atoms with van der Waals surface area (Å²) in [7, 11) is 1.72. The summed E-state index contributed by atoms with van der Waals surface area (Å²) in [5.74, 6) is 0.940. The molecule has 0 amide bonds. The van der Waals surface area contributed by atoms with E-state index >= 15 is 0 Å². The molecule has 1 saturated heterocycles. The summed E-state index contributed by atoms with van der Waals surface area (Å²) in [4.78, 5) is 2.48. The van der Waals surface area contributed by atoms with Crippen LogP contribution in [-0.4, -0.2) is 25.1 Å². The first-order valence-corrected chi connectivity index (χ1v) is 6.77. The molecule has 1 fully saturated rings. The summed E-state index contributed by atoms with van der Waals surface area (Å²) < 4.78 is 5.39. The normalized spacial score (nSPS) is 18.4. The van der Waals surface area contributed by atoms with Crippen molar-refractivity contribution < 1.29 is 4.74 Å². The molecule has 0 unspecified atom stereocenters. The standard InChI is InChI=1S/C15H24N2O/c1-4-15(5-2)10-17(11-15)9-12-8-13(16)6-7-14(12)18-3/h6-8H,4-5,9-11,16H2,1-3H3. The lowest BCUT2D eigenvalue weighted by molar-refractivity contribution is -0.0124. The number of ether oxygens (including phenoxy) is 1. The minimum absolute atomic E-state index is 0.549. The Morgan fingerprint density at radius 3 is 2.50 bits per heavy atom. The number of nitrogens with two attached hydrogens (primary N) is 1. The van der Waals surface area contributed by atoms with Crippen LogP contribution in [0.1, 0.15) is 32.3 Å². The SMILES string of the molecule is CCC1(CC)CN(Cc2cc(N)ccc2OC)C1. The number of nitrogen functional groups attached to an aromatic ring is 1. The summed E-state index contributed by atoms with van der Waals surface area (Å²) in [6.07, 6.45) is 2.54. The Bertz CT molecular complexity index is 405. The Hall–Kier alpha value is -1.22. The summed E-state index contributed by atoms with van der Waals surface area (Å²) >= 11 is 0. The van der Waals surface area contributed by atoms with Crippen molar-refractivity contribution in [3.8, 4) is 5.75 Å². The van der Waals surface area contributed by atoms with Crippen LogP contribution in [0.25, 0.3) is 0 Å². The maximum absolute atomic E-state index is 5.85. The first-order chi connectivity index (χ1) is 8.62. The highest BCUT2D eigenvalue weighted by Crippen LogP contribution is 2.38. The van der Waals surface area contributed by atoms with Gasteiger partial charge in [0.1, 0.15) is 5.75 Å². The van der Waals surface area contributed by atoms with E-state index in [4.69, 9.17) is 10.5 Å². The number of rotatable bonds is 5. The molecule has 2 N–H and O–H groups in total. The Morgan fingerprint density at radius 2 is 1.94 bits per heavy atom. The fourth-order valence-corrected chi connectivity index (χ4v) is 2.87. The molecular formula is C15H24N2O. The summed E-state index contributed by atoms with van der Waals surface area (Å²) in [5, 5.41) is 0. The molecule has 1 aliphatic heterocycles. The van der Waals surface area contributed by atoms with E-state index < -0.39 is 0 Å². The zero-order chi connectivity index (χ0) is 13.2. The van der Waals surface area contributed by atoms with Gasteiger partial charge in [0.05, 0.1) is 7.11 Å². The molecule has 1 heterocycles. The lowest BCUT2D eigenvalue weighted by atomic mass is 9.75. The molecular weight excluding hydrogens is 224 g/mol. The van der Waals surface area contributed by atoms with Gasteiger partial charge in [-0.3, -0.25) is 4.90 Å². The van der Waals surface area contributed by atoms with E-state index in [9.17, 15) is 0 Å². The third-order valence-electron chi connectivity index (χ3n) is 4.32. The first-order valence-electron chi connectivity index (χ1n) is 6.77. The molecule has 0 bridgehead atoms. The molecule has 2 rings (SSSR count). The molecule has 0 atom stereocenters. The molecule has 18 heavy (non-hydrogen) atoms. The maximum atomic E-state index is 5.85. The molecule has 3 nitrogen and oxygen atoms in total. The summed E-state index contributed by atoms with van der Waals surface area (Å²) in [6.45, 7) is 7.91. The predicted octanol–water partition coefficient (Wildman–Crippen LogP) is 2.90. The average Bonchev–Trinajstić information content (AvgIpc) is 2.33. The van der Waals surface area contributed by atoms with Gasteiger partial charge in [-0.1, -0.05) is 13.8 Å². The number of hydrogen-bond donors (Lipinski definition) is 1. The van der Waals surface area contributed by atoms with Crippen LogP contribution in [0.4, 0.5) is 5.69 Å². The lowest BCUT2D eigenvalue weighted by Crippen LogP contribution is -2.54. The molecule has 0 radical (unpaired) electrons. The third-order valence-corrected chi connectivity index (χ3v) is 4.32. The smallest absolute Gasteiger partial charge is 0.123 e. The predicted molar refractivity (Wildman–Crippen MR) is 75.7 cm³/mol. The van der Waals surface area contributed by atoms with E-state index in [1.54, 1.807) is 7.11 Å². The van der Waals surface area contributed by atoms with Crippen molar-refractivity contribution in [2.45, 2.75) is 33.2 Å². The van der Waals surface area contributed by atoms with Crippen LogP contribution in [0.2, 0.25) is 0 Å². The van der Waals surface area contributed by atoms with Crippen molar-refractivity contribution >= 4 is 5.69 Å². The average molecular weight is 248 g/mol. The van der Waals surface area contributed by atoms with E-state index in [-0.39, 0.29) is 0 Å². The Balaban J connectivity index is 2.01. The molecule has 1 aromatic carbocycles. The minimum Gasteiger partial charge on any atom is -0.496 e. The van der Waals surface area contributed by atoms with Crippen molar-refractivity contribution in [3.63, 3.8) is 0 Å². The van der Waals surface area contributed by atoms with Crippen molar-refractivity contribution in [1.82, 2.24) is 4.90 Å². The van der Waals surface area contributed by atoms with E-state index in [2.05, 4.69) is 18.7 Å². The minimum atomic E-state index is 0.549. The molecule has 1 aromatic rings. The van der Waals surface area contributed by atoms with E-state index in [1.807, 2.05) is 18.2 Å². The second-order valence-corrected chi connectivity index (χ2v) is 5.42. The van der Waals surface area contributed by atoms with Crippen LogP contribution < -0.4 is 10.5 Å². The zero-order valence-corrected chi connectivity index (χ0v) is 11.7. The number of nitrogens with zero attached hydrogens (tertiary/aromatic N) is 1. The maximum Gasteiger partial charge on any atom is 0.123 e. The monoisotopic (exact) mass is 248 g/mol. The van der Waals surface area contributed by atoms with Gasteiger partial charge < -0.3 is 10.5 Å². The quantitative estimate of drug-likeness (QED) is 0.814. The van der Waals surface area contributed by atoms with Crippen molar-refractivity contribution in [2.24, 2.45) is 5.41 Å². The van der Waals surface area contributed by atoms with Gasteiger partial charge in [0.25, 0.3) is 0 Å². The molecule has 0 aliphatic carbocycles. The van der Waals surface area contributed by atoms with Crippen molar-refractivity contribution in [1.29, 1.82) is 0 Å². The second-order valence-electron chi connectivity index (χ2n) is 5.42. The largest absolute Gasteiger partial charge is 0.496 e. The molecule has 100 valence electrons. The van der Waals surface area contributed by atoms with Crippen molar-refractivity contribution in [2.75, 3.05) is 25.9 Å². The van der Waals surface area contributed by atoms with Gasteiger partial charge in [0, 0.05) is 30.9 Å². The van der Waals surface area contributed by atoms with Gasteiger partial charge in [0.2, 0.25) is 0 Å². The fourth-order valence-electron chi connectivity index (χ4n) is 2.87. The first kappa shape index (κ1) is 13.2. The van der Waals surface area contributed by atoms with Gasteiger partial charge in [-0.25, -0.2) is 0 Å². The van der Waals surface area contributed by atoms with Gasteiger partial charge in [-0.2, -0.15) is 0 Å². The van der Waals surface area contributed by atoms with E-state index in [0.717, 1.165) is 18.0 Å². The number of anilines is 1. The number of likely N-dealkylation sites (tertiary alicyclic amines) is 1. The van der Waals surface area contributed by atoms with Gasteiger partial charge in [0.15, 0.2) is 0 Å².